The number of pyridine rings is 1. The molecule has 0 unspecified atom stereocenters. The van der Waals surface area contributed by atoms with Gasteiger partial charge in [0.25, 0.3) is 0 Å². The van der Waals surface area contributed by atoms with Crippen molar-refractivity contribution in [3.05, 3.63) is 158 Å². The summed E-state index contributed by atoms with van der Waals surface area (Å²) in [6, 6.07) is 52.3. The van der Waals surface area contributed by atoms with Crippen LogP contribution in [0.1, 0.15) is 0 Å². The van der Waals surface area contributed by atoms with Gasteiger partial charge in [-0.2, -0.15) is 0 Å². The summed E-state index contributed by atoms with van der Waals surface area (Å²) >= 11 is 0. The first-order valence-corrected chi connectivity index (χ1v) is 14.0. The predicted molar refractivity (Wildman–Crippen MR) is 172 cm³/mol. The molecule has 0 bridgehead atoms. The normalized spacial score (nSPS) is 11.4. The Morgan fingerprint density at radius 2 is 1.02 bits per heavy atom. The quantitative estimate of drug-likeness (QED) is 0.223. The highest BCUT2D eigenvalue weighted by Gasteiger charge is 2.23. The van der Waals surface area contributed by atoms with Crippen LogP contribution < -0.4 is 4.90 Å². The minimum absolute atomic E-state index is 1.02. The number of hydrogen-bond donors (Lipinski definition) is 0. The fraction of sp³-hybridized carbons (Fsp3) is 0. The third kappa shape index (κ3) is 3.92. The summed E-state index contributed by atoms with van der Waals surface area (Å²) < 4.78 is 0. The third-order valence-electron chi connectivity index (χ3n) is 8.06. The van der Waals surface area contributed by atoms with Gasteiger partial charge in [0.2, 0.25) is 0 Å². The van der Waals surface area contributed by atoms with Crippen LogP contribution in [0.5, 0.6) is 0 Å². The highest BCUT2D eigenvalue weighted by molar-refractivity contribution is 6.18. The average Bonchev–Trinajstić information content (AvgIpc) is 3.38. The number of nitrogens with zero attached hydrogens (tertiary/aromatic N) is 2. The summed E-state index contributed by atoms with van der Waals surface area (Å²) in [7, 11) is 0. The first-order chi connectivity index (χ1) is 20.3. The van der Waals surface area contributed by atoms with Gasteiger partial charge in [-0.15, -0.1) is 0 Å². The van der Waals surface area contributed by atoms with Crippen molar-refractivity contribution in [3.8, 4) is 44.5 Å². The minimum atomic E-state index is 1.02. The molecule has 2 nitrogen and oxygen atoms in total. The molecular formula is C39H26N2. The lowest BCUT2D eigenvalue weighted by Crippen LogP contribution is -2.10. The first-order valence-electron chi connectivity index (χ1n) is 14.0. The largest absolute Gasteiger partial charge is 0.309 e. The number of benzene rings is 6. The van der Waals surface area contributed by atoms with Crippen LogP contribution >= 0.6 is 0 Å². The molecule has 0 amide bonds. The molecular weight excluding hydrogens is 496 g/mol. The van der Waals surface area contributed by atoms with E-state index < -0.39 is 0 Å². The van der Waals surface area contributed by atoms with Gasteiger partial charge in [0.1, 0.15) is 0 Å². The molecule has 1 aromatic heterocycles. The summed E-state index contributed by atoms with van der Waals surface area (Å²) in [5.74, 6) is 0. The number of hydrogen-bond acceptors (Lipinski definition) is 2. The van der Waals surface area contributed by atoms with Crippen molar-refractivity contribution in [3.63, 3.8) is 0 Å². The molecule has 1 heterocycles. The van der Waals surface area contributed by atoms with Gasteiger partial charge in [-0.3, -0.25) is 4.98 Å². The zero-order valence-corrected chi connectivity index (χ0v) is 22.4. The lowest BCUT2D eigenvalue weighted by molar-refractivity contribution is 1.23. The highest BCUT2D eigenvalue weighted by Crippen LogP contribution is 2.50. The molecule has 0 saturated heterocycles. The van der Waals surface area contributed by atoms with Gasteiger partial charge in [0.15, 0.2) is 0 Å². The van der Waals surface area contributed by atoms with Crippen molar-refractivity contribution >= 4 is 27.8 Å². The maximum atomic E-state index is 4.46. The van der Waals surface area contributed by atoms with Crippen LogP contribution in [0.3, 0.4) is 0 Å². The smallest absolute Gasteiger partial charge is 0.0644 e. The topological polar surface area (TPSA) is 16.1 Å². The molecule has 0 saturated carbocycles. The first kappa shape index (κ1) is 23.4. The van der Waals surface area contributed by atoms with E-state index in [1.165, 1.54) is 55.3 Å². The number of aromatic nitrogens is 1. The van der Waals surface area contributed by atoms with E-state index in [2.05, 4.69) is 149 Å². The molecule has 8 rings (SSSR count). The lowest BCUT2D eigenvalue weighted by atomic mass is 9.92. The standard InChI is InChI=1S/C39H26N2/c1-3-11-27(12-4-1)28-23-29(25-32(24-28)41(30-13-5-2-6-14-30)31-15-10-22-40-26-31)33-20-21-38-35-17-8-7-16-34(35)37-19-9-18-36(33)39(37)38/h1-26H. The molecule has 0 fully saturated rings. The molecule has 6 aromatic carbocycles. The zero-order valence-electron chi connectivity index (χ0n) is 22.4. The SMILES string of the molecule is c1ccc(-c2cc(-c3ccc4c5c(cccc35)-c3ccccc3-4)cc(N(c3ccccc3)c3cccnc3)c2)cc1. The summed E-state index contributed by atoms with van der Waals surface area (Å²) in [5.41, 5.74) is 13.2. The van der Waals surface area contributed by atoms with Gasteiger partial charge in [0.05, 0.1) is 11.9 Å². The van der Waals surface area contributed by atoms with E-state index >= 15 is 0 Å². The van der Waals surface area contributed by atoms with E-state index in [0.717, 1.165) is 17.1 Å². The van der Waals surface area contributed by atoms with E-state index in [-0.39, 0.29) is 0 Å². The average molecular weight is 523 g/mol. The summed E-state index contributed by atoms with van der Waals surface area (Å²) in [4.78, 5) is 6.75. The fourth-order valence-electron chi connectivity index (χ4n) is 6.26. The Morgan fingerprint density at radius 1 is 0.390 bits per heavy atom. The van der Waals surface area contributed by atoms with E-state index in [1.54, 1.807) is 0 Å². The van der Waals surface area contributed by atoms with Gasteiger partial charge in [-0.1, -0.05) is 103 Å². The summed E-state index contributed by atoms with van der Waals surface area (Å²) in [6.45, 7) is 0. The third-order valence-corrected chi connectivity index (χ3v) is 8.06. The maximum absolute atomic E-state index is 4.46. The second-order valence-electron chi connectivity index (χ2n) is 10.5. The molecule has 7 aromatic rings. The molecule has 0 N–H and O–H groups in total. The summed E-state index contributed by atoms with van der Waals surface area (Å²) in [6.07, 6.45) is 3.75. The Balaban J connectivity index is 1.39. The Labute approximate surface area is 239 Å². The van der Waals surface area contributed by atoms with Crippen LogP contribution in [-0.4, -0.2) is 4.98 Å². The molecule has 0 aliphatic heterocycles. The van der Waals surface area contributed by atoms with Gasteiger partial charge >= 0.3 is 0 Å². The van der Waals surface area contributed by atoms with Crippen LogP contribution in [0.25, 0.3) is 55.3 Å². The number of fused-ring (bicyclic) bond motifs is 3. The van der Waals surface area contributed by atoms with Gasteiger partial charge in [0, 0.05) is 17.6 Å². The number of anilines is 3. The van der Waals surface area contributed by atoms with Crippen molar-refractivity contribution in [1.29, 1.82) is 0 Å². The molecule has 0 atom stereocenters. The Bertz CT molecular complexity index is 1960. The lowest BCUT2D eigenvalue weighted by Gasteiger charge is -2.26. The molecule has 1 aliphatic carbocycles. The van der Waals surface area contributed by atoms with Gasteiger partial charge in [-0.05, 0) is 97.7 Å². The van der Waals surface area contributed by atoms with Crippen molar-refractivity contribution in [2.24, 2.45) is 0 Å². The van der Waals surface area contributed by atoms with Crippen LogP contribution in [0.4, 0.5) is 17.1 Å². The Hall–Kier alpha value is -5.47. The molecule has 41 heavy (non-hydrogen) atoms. The van der Waals surface area contributed by atoms with E-state index in [9.17, 15) is 0 Å². The second kappa shape index (κ2) is 9.62. The van der Waals surface area contributed by atoms with E-state index in [1.807, 2.05) is 18.5 Å². The molecule has 1 aliphatic rings. The minimum Gasteiger partial charge on any atom is -0.309 e. The van der Waals surface area contributed by atoms with E-state index in [0.29, 0.717) is 0 Å². The summed E-state index contributed by atoms with van der Waals surface area (Å²) in [5, 5.41) is 2.62. The van der Waals surface area contributed by atoms with Crippen molar-refractivity contribution in [2.75, 3.05) is 4.90 Å². The Morgan fingerprint density at radius 3 is 1.78 bits per heavy atom. The molecule has 2 heteroatoms. The van der Waals surface area contributed by atoms with Crippen molar-refractivity contribution in [2.45, 2.75) is 0 Å². The number of para-hydroxylation sites is 1. The zero-order chi connectivity index (χ0) is 27.2. The van der Waals surface area contributed by atoms with E-state index in [4.69, 9.17) is 0 Å². The van der Waals surface area contributed by atoms with Crippen LogP contribution in [0.15, 0.2) is 158 Å². The van der Waals surface area contributed by atoms with Crippen LogP contribution in [0, 0.1) is 0 Å². The molecule has 0 spiro atoms. The van der Waals surface area contributed by atoms with Crippen LogP contribution in [-0.2, 0) is 0 Å². The second-order valence-corrected chi connectivity index (χ2v) is 10.5. The van der Waals surface area contributed by atoms with Gasteiger partial charge < -0.3 is 4.90 Å². The Kier molecular flexibility index (Phi) is 5.49. The monoisotopic (exact) mass is 522 g/mol. The van der Waals surface area contributed by atoms with Crippen LogP contribution in [0.2, 0.25) is 0 Å². The fourth-order valence-corrected chi connectivity index (χ4v) is 6.26. The predicted octanol–water partition coefficient (Wildman–Crippen LogP) is 10.7. The molecule has 0 radical (unpaired) electrons. The number of rotatable bonds is 5. The van der Waals surface area contributed by atoms with Crippen molar-refractivity contribution in [1.82, 2.24) is 4.98 Å². The molecule has 192 valence electrons. The highest BCUT2D eigenvalue weighted by atomic mass is 15.1. The maximum Gasteiger partial charge on any atom is 0.0644 e. The van der Waals surface area contributed by atoms with Crippen molar-refractivity contribution < 1.29 is 0 Å². The van der Waals surface area contributed by atoms with Gasteiger partial charge in [-0.25, -0.2) is 0 Å².